The Hall–Kier alpha value is -3.02. The van der Waals surface area contributed by atoms with E-state index in [1.165, 1.54) is 0 Å². The Morgan fingerprint density at radius 2 is 1.76 bits per heavy atom. The van der Waals surface area contributed by atoms with Crippen LogP contribution in [0, 0.1) is 22.0 Å². The number of allylic oxidation sites excluding steroid dienone is 2. The quantitative estimate of drug-likeness (QED) is 0.0762. The lowest BCUT2D eigenvalue weighted by molar-refractivity contribution is -0.758. The van der Waals surface area contributed by atoms with Crippen LogP contribution in [0.2, 0.25) is 0 Å². The van der Waals surface area contributed by atoms with Crippen LogP contribution in [-0.2, 0) is 35.1 Å². The summed E-state index contributed by atoms with van der Waals surface area (Å²) in [7, 11) is 0. The third kappa shape index (κ3) is 14.4. The van der Waals surface area contributed by atoms with Crippen molar-refractivity contribution in [1.29, 1.82) is 0 Å². The number of benzene rings is 1. The number of aliphatic hydroxyl groups excluding tert-OH is 2. The van der Waals surface area contributed by atoms with Gasteiger partial charge >= 0.3 is 11.9 Å². The van der Waals surface area contributed by atoms with Crippen molar-refractivity contribution >= 4 is 11.9 Å². The Morgan fingerprint density at radius 3 is 2.46 bits per heavy atom. The van der Waals surface area contributed by atoms with Crippen LogP contribution in [0.25, 0.3) is 0 Å². The van der Waals surface area contributed by atoms with Crippen molar-refractivity contribution in [2.75, 3.05) is 19.8 Å². The first-order valence-corrected chi connectivity index (χ1v) is 14.4. The monoisotopic (exact) mass is 579 g/mol. The smallest absolute Gasteiger partial charge is 0.332 e. The zero-order valence-corrected chi connectivity index (χ0v) is 24.1. The highest BCUT2D eigenvalue weighted by molar-refractivity contribution is 5.71. The first kappa shape index (κ1) is 34.2. The van der Waals surface area contributed by atoms with Crippen molar-refractivity contribution in [2.45, 2.75) is 96.1 Å². The molecule has 41 heavy (non-hydrogen) atoms. The molecule has 1 saturated carbocycles. The Kier molecular flexibility index (Phi) is 16.0. The van der Waals surface area contributed by atoms with Gasteiger partial charge in [0.05, 0.1) is 24.9 Å². The maximum absolute atomic E-state index is 12.4. The molecular formula is C30H45NO10. The standard InChI is InChI=1S/C30H45NO10/c1-22(2)40-29(34)13-9-4-3-8-12-25-26(28(33)20-27(25)32)17-16-24(15-14-23-10-6-5-7-11-23)41-30(35)21-38-18-19-39-31(36)37/h3,5-8,10-11,22,24-28,32-33H,4,9,12-21H2,1-2H3/b8-3-/t24-,25+,26+,27-,28+/m0/s1. The van der Waals surface area contributed by atoms with Gasteiger partial charge in [-0.25, -0.2) is 4.79 Å². The number of aryl methyl sites for hydroxylation is 1. The normalized spacial score (nSPS) is 21.2. The van der Waals surface area contributed by atoms with Crippen LogP contribution < -0.4 is 0 Å². The van der Waals surface area contributed by atoms with Gasteiger partial charge in [-0.1, -0.05) is 42.5 Å². The molecule has 1 aliphatic rings. The van der Waals surface area contributed by atoms with E-state index >= 15 is 0 Å². The molecule has 0 radical (unpaired) electrons. The lowest BCUT2D eigenvalue weighted by Gasteiger charge is -2.25. The maximum atomic E-state index is 12.4. The molecule has 0 aromatic heterocycles. The van der Waals surface area contributed by atoms with E-state index < -0.39 is 29.4 Å². The van der Waals surface area contributed by atoms with Crippen LogP contribution in [0.5, 0.6) is 0 Å². The van der Waals surface area contributed by atoms with Crippen molar-refractivity contribution in [2.24, 2.45) is 11.8 Å². The van der Waals surface area contributed by atoms with Gasteiger partial charge in [-0.3, -0.25) is 4.79 Å². The van der Waals surface area contributed by atoms with Gasteiger partial charge < -0.3 is 29.3 Å². The van der Waals surface area contributed by atoms with Gasteiger partial charge in [0.1, 0.15) is 19.3 Å². The summed E-state index contributed by atoms with van der Waals surface area (Å²) in [6.45, 7) is 2.89. The third-order valence-electron chi connectivity index (χ3n) is 7.08. The van der Waals surface area contributed by atoms with Crippen LogP contribution in [0.3, 0.4) is 0 Å². The van der Waals surface area contributed by atoms with Crippen molar-refractivity contribution in [3.05, 3.63) is 58.2 Å². The van der Waals surface area contributed by atoms with Crippen molar-refractivity contribution in [3.63, 3.8) is 0 Å². The molecule has 1 fully saturated rings. The minimum Gasteiger partial charge on any atom is -0.463 e. The number of esters is 2. The number of aliphatic hydroxyl groups is 2. The SMILES string of the molecule is CC(C)OC(=O)CCC/C=C\C[C@@H]1[C@@H](CC[C@H](CCc2ccccc2)OC(=O)COCCO[N+](=O)[O-])[C@H](O)C[C@@H]1O. The van der Waals surface area contributed by atoms with E-state index in [1.54, 1.807) is 0 Å². The van der Waals surface area contributed by atoms with Gasteiger partial charge in [0, 0.05) is 6.42 Å². The second kappa shape index (κ2) is 19.2. The minimum absolute atomic E-state index is 0.117. The molecule has 0 heterocycles. The number of rotatable bonds is 20. The molecule has 0 unspecified atom stereocenters. The molecular weight excluding hydrogens is 534 g/mol. The van der Waals surface area contributed by atoms with E-state index in [-0.39, 0.29) is 43.7 Å². The van der Waals surface area contributed by atoms with E-state index in [4.69, 9.17) is 14.2 Å². The zero-order valence-electron chi connectivity index (χ0n) is 24.1. The van der Waals surface area contributed by atoms with Gasteiger partial charge in [0.25, 0.3) is 5.09 Å². The van der Waals surface area contributed by atoms with Crippen LogP contribution in [0.4, 0.5) is 0 Å². The highest BCUT2D eigenvalue weighted by Gasteiger charge is 2.40. The first-order valence-electron chi connectivity index (χ1n) is 14.4. The number of hydrogen-bond donors (Lipinski definition) is 2. The van der Waals surface area contributed by atoms with Crippen LogP contribution >= 0.6 is 0 Å². The molecule has 11 heteroatoms. The summed E-state index contributed by atoms with van der Waals surface area (Å²) in [6, 6.07) is 9.84. The predicted octanol–water partition coefficient (Wildman–Crippen LogP) is 3.96. The Morgan fingerprint density at radius 1 is 1.02 bits per heavy atom. The van der Waals surface area contributed by atoms with Gasteiger partial charge in [-0.15, -0.1) is 10.1 Å². The number of unbranched alkanes of at least 4 members (excludes halogenated alkanes) is 1. The minimum atomic E-state index is -0.925. The van der Waals surface area contributed by atoms with Gasteiger partial charge in [-0.05, 0) is 82.6 Å². The van der Waals surface area contributed by atoms with Crippen molar-refractivity contribution < 1.29 is 43.9 Å². The molecule has 0 amide bonds. The zero-order chi connectivity index (χ0) is 30.0. The summed E-state index contributed by atoms with van der Waals surface area (Å²) in [4.78, 5) is 38.5. The average molecular weight is 580 g/mol. The fraction of sp³-hybridized carbons (Fsp3) is 0.667. The largest absolute Gasteiger partial charge is 0.463 e. The Bertz CT molecular complexity index is 938. The fourth-order valence-corrected chi connectivity index (χ4v) is 5.12. The van der Waals surface area contributed by atoms with Gasteiger partial charge in [-0.2, -0.15) is 0 Å². The molecule has 0 saturated heterocycles. The summed E-state index contributed by atoms with van der Waals surface area (Å²) < 4.78 is 16.0. The molecule has 1 aromatic carbocycles. The lowest BCUT2D eigenvalue weighted by atomic mass is 9.85. The summed E-state index contributed by atoms with van der Waals surface area (Å²) in [5, 5.41) is 30.6. The third-order valence-corrected chi connectivity index (χ3v) is 7.08. The number of carbonyl (C=O) groups is 2. The molecule has 5 atom stereocenters. The molecule has 2 rings (SSSR count). The average Bonchev–Trinajstić information content (AvgIpc) is 3.18. The van der Waals surface area contributed by atoms with E-state index in [1.807, 2.05) is 56.3 Å². The summed E-state index contributed by atoms with van der Waals surface area (Å²) in [5.74, 6) is -1.06. The topological polar surface area (TPSA) is 155 Å². The van der Waals surface area contributed by atoms with Gasteiger partial charge in [0.2, 0.25) is 0 Å². The molecule has 1 aromatic rings. The van der Waals surface area contributed by atoms with Crippen LogP contribution in [0.1, 0.15) is 70.8 Å². The van der Waals surface area contributed by atoms with Crippen molar-refractivity contribution in [3.8, 4) is 0 Å². The van der Waals surface area contributed by atoms with E-state index in [2.05, 4.69) is 4.84 Å². The fourth-order valence-electron chi connectivity index (χ4n) is 5.12. The van der Waals surface area contributed by atoms with Gasteiger partial charge in [0.15, 0.2) is 0 Å². The Balaban J connectivity index is 1.87. The van der Waals surface area contributed by atoms with E-state index in [0.29, 0.717) is 51.4 Å². The van der Waals surface area contributed by atoms with Crippen LogP contribution in [0.15, 0.2) is 42.5 Å². The molecule has 0 bridgehead atoms. The molecule has 2 N–H and O–H groups in total. The molecule has 11 nitrogen and oxygen atoms in total. The number of hydrogen-bond acceptors (Lipinski definition) is 10. The number of carbonyl (C=O) groups excluding carboxylic acids is 2. The lowest BCUT2D eigenvalue weighted by Crippen LogP contribution is -2.27. The molecule has 1 aliphatic carbocycles. The summed E-state index contributed by atoms with van der Waals surface area (Å²) in [5.41, 5.74) is 1.11. The Labute approximate surface area is 241 Å². The predicted molar refractivity (Wildman–Crippen MR) is 150 cm³/mol. The second-order valence-electron chi connectivity index (χ2n) is 10.7. The highest BCUT2D eigenvalue weighted by atomic mass is 17.0. The molecule has 230 valence electrons. The van der Waals surface area contributed by atoms with Crippen LogP contribution in [-0.4, -0.2) is 71.5 Å². The highest BCUT2D eigenvalue weighted by Crippen LogP contribution is 2.38. The summed E-state index contributed by atoms with van der Waals surface area (Å²) >= 11 is 0. The second-order valence-corrected chi connectivity index (χ2v) is 10.7. The molecule has 0 spiro atoms. The maximum Gasteiger partial charge on any atom is 0.332 e. The van der Waals surface area contributed by atoms with E-state index in [9.17, 15) is 29.9 Å². The van der Waals surface area contributed by atoms with Crippen molar-refractivity contribution in [1.82, 2.24) is 0 Å². The molecule has 0 aliphatic heterocycles. The summed E-state index contributed by atoms with van der Waals surface area (Å²) in [6.07, 6.45) is 7.21. The number of nitrogens with zero attached hydrogens (tertiary/aromatic N) is 1. The van der Waals surface area contributed by atoms with E-state index in [0.717, 1.165) is 12.0 Å². The number of ether oxygens (including phenoxy) is 3. The first-order chi connectivity index (χ1) is 19.7.